The van der Waals surface area contributed by atoms with Crippen molar-refractivity contribution in [2.24, 2.45) is 5.92 Å². The number of rotatable bonds is 11. The zero-order valence-electron chi connectivity index (χ0n) is 24.2. The molecule has 2 unspecified atom stereocenters. The first-order valence-corrected chi connectivity index (χ1v) is 14.6. The molecule has 2 atom stereocenters. The van der Waals surface area contributed by atoms with Crippen molar-refractivity contribution < 1.29 is 14.2 Å². The van der Waals surface area contributed by atoms with Crippen molar-refractivity contribution in [1.29, 1.82) is 0 Å². The Morgan fingerprint density at radius 2 is 1.00 bits per heavy atom. The summed E-state index contributed by atoms with van der Waals surface area (Å²) in [5, 5.41) is 0. The topological polar surface area (TPSA) is 31.0 Å². The van der Waals surface area contributed by atoms with Crippen molar-refractivity contribution in [3.63, 3.8) is 0 Å². The van der Waals surface area contributed by atoms with E-state index in [0.717, 1.165) is 30.6 Å². The minimum absolute atomic E-state index is 0.127. The summed E-state index contributed by atoms with van der Waals surface area (Å²) in [5.41, 5.74) is 7.17. The molecule has 1 saturated carbocycles. The largest absolute Gasteiger partial charge is 0.493 e. The maximum absolute atomic E-state index is 5.97. The van der Waals surface area contributed by atoms with E-state index in [-0.39, 0.29) is 16.9 Å². The molecule has 1 heterocycles. The van der Waals surface area contributed by atoms with Crippen LogP contribution in [0.25, 0.3) is 0 Å². The Balaban J connectivity index is 1.27. The van der Waals surface area contributed by atoms with Gasteiger partial charge in [-0.3, -0.25) is 0 Å². The fourth-order valence-electron chi connectivity index (χ4n) is 5.48. The average molecular weight is 533 g/mol. The lowest BCUT2D eigenvalue weighted by Gasteiger charge is -2.33. The normalized spacial score (nSPS) is 18.1. The van der Waals surface area contributed by atoms with Gasteiger partial charge in [0.15, 0.2) is 0 Å². The first-order chi connectivity index (χ1) is 19.3. The molecule has 0 radical (unpaired) electrons. The monoisotopic (exact) mass is 532 g/mol. The van der Waals surface area contributed by atoms with Crippen LogP contribution in [0.2, 0.25) is 0 Å². The third kappa shape index (κ3) is 5.67. The van der Waals surface area contributed by atoms with Crippen molar-refractivity contribution in [3.05, 3.63) is 130 Å². The molecule has 2 fully saturated rings. The van der Waals surface area contributed by atoms with Crippen LogP contribution in [-0.4, -0.2) is 25.9 Å². The Morgan fingerprint density at radius 3 is 1.48 bits per heavy atom. The van der Waals surface area contributed by atoms with Crippen molar-refractivity contribution in [3.8, 4) is 11.5 Å². The van der Waals surface area contributed by atoms with Gasteiger partial charge in [0, 0.05) is 10.8 Å². The van der Waals surface area contributed by atoms with E-state index in [2.05, 4.69) is 125 Å². The fourth-order valence-corrected chi connectivity index (χ4v) is 5.48. The van der Waals surface area contributed by atoms with Crippen molar-refractivity contribution >= 4 is 0 Å². The van der Waals surface area contributed by atoms with E-state index < -0.39 is 0 Å². The second kappa shape index (κ2) is 10.8. The molecule has 0 bridgehead atoms. The lowest BCUT2D eigenvalue weighted by molar-refractivity contribution is 0.263. The summed E-state index contributed by atoms with van der Waals surface area (Å²) in [7, 11) is 0. The summed E-state index contributed by atoms with van der Waals surface area (Å²) >= 11 is 0. The van der Waals surface area contributed by atoms with Crippen LogP contribution in [0.15, 0.2) is 97.1 Å². The molecule has 1 saturated heterocycles. The van der Waals surface area contributed by atoms with E-state index in [4.69, 9.17) is 14.2 Å². The molecule has 4 aromatic carbocycles. The summed E-state index contributed by atoms with van der Waals surface area (Å²) in [5.74, 6) is 2.61. The Morgan fingerprint density at radius 1 is 0.600 bits per heavy atom. The lowest BCUT2D eigenvalue weighted by atomic mass is 9.70. The number of epoxide rings is 1. The second-order valence-corrected chi connectivity index (χ2v) is 12.3. The Bertz CT molecular complexity index is 1410. The van der Waals surface area contributed by atoms with Gasteiger partial charge in [0.25, 0.3) is 0 Å². The van der Waals surface area contributed by atoms with Crippen molar-refractivity contribution in [2.75, 3.05) is 19.8 Å². The van der Waals surface area contributed by atoms with Gasteiger partial charge in [-0.05, 0) is 84.7 Å². The molecule has 6 rings (SSSR count). The molecule has 0 N–H and O–H groups in total. The number of ether oxygens (including phenoxy) is 3. The molecule has 4 aromatic rings. The molecule has 3 heteroatoms. The van der Waals surface area contributed by atoms with E-state index in [1.807, 2.05) is 0 Å². The van der Waals surface area contributed by atoms with Gasteiger partial charge in [-0.2, -0.15) is 0 Å². The minimum Gasteiger partial charge on any atom is -0.493 e. The molecular formula is C37H40O3. The molecular weight excluding hydrogens is 492 g/mol. The van der Waals surface area contributed by atoms with Gasteiger partial charge >= 0.3 is 0 Å². The minimum atomic E-state index is -0.310. The van der Waals surface area contributed by atoms with Crippen molar-refractivity contribution in [2.45, 2.75) is 57.5 Å². The van der Waals surface area contributed by atoms with E-state index in [1.165, 1.54) is 46.2 Å². The van der Waals surface area contributed by atoms with Gasteiger partial charge in [0.2, 0.25) is 0 Å². The summed E-state index contributed by atoms with van der Waals surface area (Å²) in [6, 6.07) is 35.4. The van der Waals surface area contributed by atoms with Crippen LogP contribution in [-0.2, 0) is 15.6 Å². The van der Waals surface area contributed by atoms with Crippen LogP contribution in [0.4, 0.5) is 0 Å². The highest BCUT2D eigenvalue weighted by molar-refractivity contribution is 5.52. The van der Waals surface area contributed by atoms with Gasteiger partial charge in [0.1, 0.15) is 24.2 Å². The average Bonchev–Trinajstić information content (AvgIpc) is 3.91. The molecule has 1 aliphatic carbocycles. The summed E-state index contributed by atoms with van der Waals surface area (Å²) < 4.78 is 17.2. The predicted octanol–water partition coefficient (Wildman–Crippen LogP) is 8.24. The van der Waals surface area contributed by atoms with Gasteiger partial charge in [-0.15, -0.1) is 0 Å². The fraction of sp³-hybridized carbons (Fsp3) is 0.351. The van der Waals surface area contributed by atoms with Crippen LogP contribution < -0.4 is 9.47 Å². The third-order valence-corrected chi connectivity index (χ3v) is 8.84. The quantitative estimate of drug-likeness (QED) is 0.144. The highest BCUT2D eigenvalue weighted by Gasteiger charge is 2.32. The number of hydrogen-bond donors (Lipinski definition) is 0. The van der Waals surface area contributed by atoms with E-state index in [0.29, 0.717) is 6.61 Å². The summed E-state index contributed by atoms with van der Waals surface area (Å²) in [6.07, 6.45) is 2.86. The summed E-state index contributed by atoms with van der Waals surface area (Å²) in [6.45, 7) is 11.3. The van der Waals surface area contributed by atoms with Crippen LogP contribution >= 0.6 is 0 Å². The second-order valence-electron chi connectivity index (χ2n) is 12.3. The SMILES string of the molecule is Cc1ccc(C(C)(c2ccc(OCC3CO3)cc2)c2ccc(C(C)(C)c3ccc(OCC4CC4)cc3)cc2)cc1. The zero-order valence-corrected chi connectivity index (χ0v) is 24.2. The molecule has 40 heavy (non-hydrogen) atoms. The molecule has 0 amide bonds. The molecule has 3 nitrogen and oxygen atoms in total. The first-order valence-electron chi connectivity index (χ1n) is 14.6. The molecule has 2 aliphatic rings. The Hall–Kier alpha value is -3.56. The smallest absolute Gasteiger partial charge is 0.119 e. The van der Waals surface area contributed by atoms with Gasteiger partial charge in [-0.25, -0.2) is 0 Å². The Labute approximate surface area is 239 Å². The van der Waals surface area contributed by atoms with Gasteiger partial charge in [-0.1, -0.05) is 92.2 Å². The molecule has 1 aliphatic heterocycles. The predicted molar refractivity (Wildman–Crippen MR) is 162 cm³/mol. The highest BCUT2D eigenvalue weighted by atomic mass is 16.6. The molecule has 206 valence electrons. The Kier molecular flexibility index (Phi) is 7.18. The van der Waals surface area contributed by atoms with Crippen LogP contribution in [0, 0.1) is 12.8 Å². The third-order valence-electron chi connectivity index (χ3n) is 8.84. The van der Waals surface area contributed by atoms with Crippen LogP contribution in [0.3, 0.4) is 0 Å². The van der Waals surface area contributed by atoms with Crippen LogP contribution in [0.1, 0.15) is 67.0 Å². The summed E-state index contributed by atoms with van der Waals surface area (Å²) in [4.78, 5) is 0. The van der Waals surface area contributed by atoms with Gasteiger partial charge in [0.05, 0.1) is 13.2 Å². The van der Waals surface area contributed by atoms with Crippen LogP contribution in [0.5, 0.6) is 11.5 Å². The standard InChI is InChI=1S/C37H40O3/c1-26-5-9-30(10-6-26)37(4,32-17-21-34(22-18-32)39-24-35-25-40-35)31-13-11-28(12-14-31)36(2,3)29-15-19-33(20-16-29)38-23-27-7-8-27/h5-6,9-22,27,35H,7-8,23-25H2,1-4H3. The maximum Gasteiger partial charge on any atom is 0.119 e. The molecule has 0 aromatic heterocycles. The molecule has 0 spiro atoms. The first kappa shape index (κ1) is 26.7. The maximum atomic E-state index is 5.97. The van der Waals surface area contributed by atoms with E-state index >= 15 is 0 Å². The van der Waals surface area contributed by atoms with Crippen molar-refractivity contribution in [1.82, 2.24) is 0 Å². The van der Waals surface area contributed by atoms with Gasteiger partial charge < -0.3 is 14.2 Å². The number of benzene rings is 4. The van der Waals surface area contributed by atoms with E-state index in [1.54, 1.807) is 0 Å². The lowest BCUT2D eigenvalue weighted by Crippen LogP contribution is -2.26. The van der Waals surface area contributed by atoms with E-state index in [9.17, 15) is 0 Å². The number of hydrogen-bond acceptors (Lipinski definition) is 3. The zero-order chi connectivity index (χ0) is 27.7. The highest BCUT2D eigenvalue weighted by Crippen LogP contribution is 2.41. The number of aryl methyl sites for hydroxylation is 1.